The SMILES string of the molecule is Cn1cc(C(=O)O)c(-c2ccccc2O)n1. The van der Waals surface area contributed by atoms with E-state index in [1.54, 1.807) is 25.2 Å². The van der Waals surface area contributed by atoms with Gasteiger partial charge in [0.15, 0.2) is 0 Å². The van der Waals surface area contributed by atoms with Crippen molar-refractivity contribution in [3.05, 3.63) is 36.0 Å². The molecule has 0 aliphatic rings. The van der Waals surface area contributed by atoms with Gasteiger partial charge < -0.3 is 10.2 Å². The first-order valence-electron chi connectivity index (χ1n) is 4.65. The Balaban J connectivity index is 2.64. The summed E-state index contributed by atoms with van der Waals surface area (Å²) in [6.45, 7) is 0. The van der Waals surface area contributed by atoms with Crippen LogP contribution < -0.4 is 0 Å². The molecule has 5 nitrogen and oxygen atoms in total. The van der Waals surface area contributed by atoms with Gasteiger partial charge in [0, 0.05) is 18.8 Å². The standard InChI is InChI=1S/C11H10N2O3/c1-13-6-8(11(15)16)10(12-13)7-4-2-3-5-9(7)14/h2-6,14H,1H3,(H,15,16). The lowest BCUT2D eigenvalue weighted by Gasteiger charge is -2.01. The molecule has 2 rings (SSSR count). The fraction of sp³-hybridized carbons (Fsp3) is 0.0909. The number of carboxylic acids is 1. The van der Waals surface area contributed by atoms with Crippen LogP contribution in [-0.2, 0) is 7.05 Å². The maximum absolute atomic E-state index is 11.0. The van der Waals surface area contributed by atoms with Crippen LogP contribution in [0.3, 0.4) is 0 Å². The summed E-state index contributed by atoms with van der Waals surface area (Å²) in [5.74, 6) is -1.05. The van der Waals surface area contributed by atoms with Crippen LogP contribution in [0.2, 0.25) is 0 Å². The van der Waals surface area contributed by atoms with Crippen molar-refractivity contribution in [3.63, 3.8) is 0 Å². The van der Waals surface area contributed by atoms with Crippen molar-refractivity contribution in [1.82, 2.24) is 9.78 Å². The molecule has 2 aromatic rings. The third-order valence-corrected chi connectivity index (χ3v) is 2.22. The number of carboxylic acid groups (broad SMARTS) is 1. The fourth-order valence-electron chi connectivity index (χ4n) is 1.52. The number of nitrogens with zero attached hydrogens (tertiary/aromatic N) is 2. The molecule has 0 unspecified atom stereocenters. The smallest absolute Gasteiger partial charge is 0.339 e. The molecule has 5 heteroatoms. The number of rotatable bonds is 2. The molecule has 0 spiro atoms. The predicted octanol–water partition coefficient (Wildman–Crippen LogP) is 1.49. The number of aromatic hydroxyl groups is 1. The van der Waals surface area contributed by atoms with E-state index in [2.05, 4.69) is 5.10 Å². The van der Waals surface area contributed by atoms with Crippen molar-refractivity contribution in [1.29, 1.82) is 0 Å². The van der Waals surface area contributed by atoms with Gasteiger partial charge in [0.1, 0.15) is 17.0 Å². The van der Waals surface area contributed by atoms with Gasteiger partial charge in [0.05, 0.1) is 0 Å². The molecule has 0 aliphatic heterocycles. The summed E-state index contributed by atoms with van der Waals surface area (Å²) >= 11 is 0. The van der Waals surface area contributed by atoms with Crippen molar-refractivity contribution in [3.8, 4) is 17.0 Å². The Labute approximate surface area is 91.6 Å². The topological polar surface area (TPSA) is 75.4 Å². The van der Waals surface area contributed by atoms with Gasteiger partial charge in [-0.3, -0.25) is 4.68 Å². The average Bonchev–Trinajstić information content (AvgIpc) is 2.61. The number of phenols is 1. The summed E-state index contributed by atoms with van der Waals surface area (Å²) in [7, 11) is 1.63. The molecule has 82 valence electrons. The van der Waals surface area contributed by atoms with Gasteiger partial charge in [-0.25, -0.2) is 4.79 Å². The Bertz CT molecular complexity index is 546. The van der Waals surface area contributed by atoms with E-state index in [4.69, 9.17) is 5.11 Å². The Morgan fingerprint density at radius 2 is 2.06 bits per heavy atom. The molecule has 0 radical (unpaired) electrons. The van der Waals surface area contributed by atoms with Crippen LogP contribution in [0.5, 0.6) is 5.75 Å². The Morgan fingerprint density at radius 3 is 2.69 bits per heavy atom. The third kappa shape index (κ3) is 1.63. The summed E-state index contributed by atoms with van der Waals surface area (Å²) in [6.07, 6.45) is 1.41. The molecule has 0 fully saturated rings. The van der Waals surface area contributed by atoms with E-state index in [0.717, 1.165) is 0 Å². The first-order valence-corrected chi connectivity index (χ1v) is 4.65. The number of phenolic OH excluding ortho intramolecular Hbond substituents is 1. The number of aromatic nitrogens is 2. The van der Waals surface area contributed by atoms with Crippen molar-refractivity contribution in [2.45, 2.75) is 0 Å². The van der Waals surface area contributed by atoms with Gasteiger partial charge in [0.2, 0.25) is 0 Å². The minimum absolute atomic E-state index is 0.0173. The van der Waals surface area contributed by atoms with Crippen LogP contribution in [0.15, 0.2) is 30.5 Å². The number of benzene rings is 1. The molecule has 0 bridgehead atoms. The maximum atomic E-state index is 11.0. The molecule has 16 heavy (non-hydrogen) atoms. The zero-order chi connectivity index (χ0) is 11.7. The highest BCUT2D eigenvalue weighted by atomic mass is 16.4. The van der Waals surface area contributed by atoms with E-state index in [-0.39, 0.29) is 17.0 Å². The normalized spacial score (nSPS) is 10.3. The molecule has 1 aromatic carbocycles. The summed E-state index contributed by atoms with van der Waals surface area (Å²) in [6, 6.07) is 6.51. The number of aryl methyl sites for hydroxylation is 1. The highest BCUT2D eigenvalue weighted by Crippen LogP contribution is 2.29. The van der Waals surface area contributed by atoms with Crippen LogP contribution in [-0.4, -0.2) is 26.0 Å². The second-order valence-corrected chi connectivity index (χ2v) is 3.39. The molecule has 2 N–H and O–H groups in total. The molecule has 1 heterocycles. The minimum Gasteiger partial charge on any atom is -0.507 e. The van der Waals surface area contributed by atoms with E-state index in [0.29, 0.717) is 5.56 Å². The van der Waals surface area contributed by atoms with Gasteiger partial charge in [-0.1, -0.05) is 12.1 Å². The second kappa shape index (κ2) is 3.69. The van der Waals surface area contributed by atoms with E-state index < -0.39 is 5.97 Å². The van der Waals surface area contributed by atoms with Crippen molar-refractivity contribution in [2.24, 2.45) is 7.05 Å². The lowest BCUT2D eigenvalue weighted by molar-refractivity contribution is 0.0697. The first kappa shape index (κ1) is 10.2. The quantitative estimate of drug-likeness (QED) is 0.800. The lowest BCUT2D eigenvalue weighted by atomic mass is 10.1. The molecule has 0 saturated carbocycles. The fourth-order valence-corrected chi connectivity index (χ4v) is 1.52. The van der Waals surface area contributed by atoms with E-state index >= 15 is 0 Å². The van der Waals surface area contributed by atoms with E-state index in [1.807, 2.05) is 0 Å². The number of hydrogen-bond acceptors (Lipinski definition) is 3. The van der Waals surface area contributed by atoms with Crippen LogP contribution in [0.4, 0.5) is 0 Å². The maximum Gasteiger partial charge on any atom is 0.339 e. The molecule has 0 amide bonds. The van der Waals surface area contributed by atoms with Crippen LogP contribution >= 0.6 is 0 Å². The first-order chi connectivity index (χ1) is 7.59. The number of hydrogen-bond donors (Lipinski definition) is 2. The number of aromatic carboxylic acids is 1. The average molecular weight is 218 g/mol. The van der Waals surface area contributed by atoms with Gasteiger partial charge in [-0.2, -0.15) is 5.10 Å². The lowest BCUT2D eigenvalue weighted by Crippen LogP contribution is -1.96. The second-order valence-electron chi connectivity index (χ2n) is 3.39. The van der Waals surface area contributed by atoms with Crippen molar-refractivity contribution < 1.29 is 15.0 Å². The van der Waals surface area contributed by atoms with Crippen molar-refractivity contribution >= 4 is 5.97 Å². The highest BCUT2D eigenvalue weighted by molar-refractivity contribution is 5.95. The van der Waals surface area contributed by atoms with Crippen LogP contribution in [0.25, 0.3) is 11.3 Å². The summed E-state index contributed by atoms with van der Waals surface area (Å²) in [5.41, 5.74) is 0.762. The van der Waals surface area contributed by atoms with Gasteiger partial charge in [0.25, 0.3) is 0 Å². The monoisotopic (exact) mass is 218 g/mol. The molecule has 0 saturated heterocycles. The molecule has 0 atom stereocenters. The Morgan fingerprint density at radius 1 is 1.38 bits per heavy atom. The molecular formula is C11H10N2O3. The van der Waals surface area contributed by atoms with E-state index in [1.165, 1.54) is 16.9 Å². The van der Waals surface area contributed by atoms with Gasteiger partial charge >= 0.3 is 5.97 Å². The highest BCUT2D eigenvalue weighted by Gasteiger charge is 2.17. The zero-order valence-corrected chi connectivity index (χ0v) is 8.58. The van der Waals surface area contributed by atoms with Gasteiger partial charge in [-0.15, -0.1) is 0 Å². The summed E-state index contributed by atoms with van der Waals surface area (Å²) in [4.78, 5) is 11.0. The van der Waals surface area contributed by atoms with Crippen LogP contribution in [0.1, 0.15) is 10.4 Å². The van der Waals surface area contributed by atoms with Crippen LogP contribution in [0, 0.1) is 0 Å². The Hall–Kier alpha value is -2.30. The minimum atomic E-state index is -1.06. The predicted molar refractivity (Wildman–Crippen MR) is 57.3 cm³/mol. The third-order valence-electron chi connectivity index (χ3n) is 2.22. The van der Waals surface area contributed by atoms with Gasteiger partial charge in [-0.05, 0) is 12.1 Å². The largest absolute Gasteiger partial charge is 0.507 e. The molecular weight excluding hydrogens is 208 g/mol. The van der Waals surface area contributed by atoms with Crippen molar-refractivity contribution in [2.75, 3.05) is 0 Å². The molecule has 0 aliphatic carbocycles. The Kier molecular flexibility index (Phi) is 2.36. The number of carbonyl (C=O) groups is 1. The number of para-hydroxylation sites is 1. The summed E-state index contributed by atoms with van der Waals surface area (Å²) < 4.78 is 1.41. The molecule has 1 aromatic heterocycles. The summed E-state index contributed by atoms with van der Waals surface area (Å²) in [5, 5.41) is 22.7. The van der Waals surface area contributed by atoms with E-state index in [9.17, 15) is 9.90 Å². The zero-order valence-electron chi connectivity index (χ0n) is 8.58.